The number of rotatable bonds is 4. The van der Waals surface area contributed by atoms with Crippen LogP contribution in [0, 0.1) is 12.8 Å². The maximum atomic E-state index is 11.7. The van der Waals surface area contributed by atoms with Crippen molar-refractivity contribution in [2.24, 2.45) is 5.92 Å². The van der Waals surface area contributed by atoms with Crippen LogP contribution < -0.4 is 5.32 Å². The minimum Gasteiger partial charge on any atom is -0.326 e. The van der Waals surface area contributed by atoms with Gasteiger partial charge >= 0.3 is 0 Å². The number of anilines is 1. The van der Waals surface area contributed by atoms with Crippen molar-refractivity contribution in [3.8, 4) is 21.8 Å². The maximum absolute atomic E-state index is 11.7. The second-order valence-corrected chi connectivity index (χ2v) is 6.93. The van der Waals surface area contributed by atoms with Crippen LogP contribution in [0.2, 0.25) is 0 Å². The molecule has 4 heteroatoms. The standard InChI is InChI=1S/C20H20N2OS/c1-13(2)19(23)21-16-10-8-15(9-11-16)18-12-24-20(22-18)17-7-5-4-6-14(17)3/h4-13H,1-3H3,(H,21,23). The molecule has 0 atom stereocenters. The van der Waals surface area contributed by atoms with E-state index in [0.29, 0.717) is 0 Å². The molecule has 0 aliphatic carbocycles. The highest BCUT2D eigenvalue weighted by molar-refractivity contribution is 7.13. The molecule has 1 amide bonds. The third-order valence-corrected chi connectivity index (χ3v) is 4.73. The zero-order chi connectivity index (χ0) is 17.1. The van der Waals surface area contributed by atoms with Crippen LogP contribution in [0.25, 0.3) is 21.8 Å². The fourth-order valence-corrected chi connectivity index (χ4v) is 3.27. The van der Waals surface area contributed by atoms with Gasteiger partial charge in [-0.2, -0.15) is 0 Å². The van der Waals surface area contributed by atoms with Crippen LogP contribution in [0.15, 0.2) is 53.9 Å². The van der Waals surface area contributed by atoms with Crippen LogP contribution >= 0.6 is 11.3 Å². The van der Waals surface area contributed by atoms with Gasteiger partial charge < -0.3 is 5.32 Å². The van der Waals surface area contributed by atoms with Crippen LogP contribution in [0.1, 0.15) is 19.4 Å². The Morgan fingerprint density at radius 2 is 1.79 bits per heavy atom. The van der Waals surface area contributed by atoms with Crippen molar-refractivity contribution in [3.05, 3.63) is 59.5 Å². The van der Waals surface area contributed by atoms with Crippen molar-refractivity contribution < 1.29 is 4.79 Å². The number of hydrogen-bond acceptors (Lipinski definition) is 3. The van der Waals surface area contributed by atoms with Crippen molar-refractivity contribution in [2.75, 3.05) is 5.32 Å². The molecule has 0 unspecified atom stereocenters. The summed E-state index contributed by atoms with van der Waals surface area (Å²) in [4.78, 5) is 16.5. The lowest BCUT2D eigenvalue weighted by molar-refractivity contribution is -0.118. The lowest BCUT2D eigenvalue weighted by Gasteiger charge is -2.08. The van der Waals surface area contributed by atoms with Gasteiger partial charge in [-0.25, -0.2) is 4.98 Å². The lowest BCUT2D eigenvalue weighted by atomic mass is 10.1. The number of amides is 1. The van der Waals surface area contributed by atoms with Gasteiger partial charge in [-0.1, -0.05) is 50.2 Å². The van der Waals surface area contributed by atoms with Crippen molar-refractivity contribution in [1.82, 2.24) is 4.98 Å². The minimum absolute atomic E-state index is 0.0262. The zero-order valence-corrected chi connectivity index (χ0v) is 14.9. The first kappa shape index (κ1) is 16.4. The summed E-state index contributed by atoms with van der Waals surface area (Å²) < 4.78 is 0. The number of thiazole rings is 1. The largest absolute Gasteiger partial charge is 0.326 e. The van der Waals surface area contributed by atoms with Crippen molar-refractivity contribution in [2.45, 2.75) is 20.8 Å². The highest BCUT2D eigenvalue weighted by Crippen LogP contribution is 2.31. The first-order valence-corrected chi connectivity index (χ1v) is 8.85. The Morgan fingerprint density at radius 1 is 1.08 bits per heavy atom. The summed E-state index contributed by atoms with van der Waals surface area (Å²) in [6.45, 7) is 5.86. The van der Waals surface area contributed by atoms with Gasteiger partial charge in [-0.3, -0.25) is 4.79 Å². The molecule has 1 N–H and O–H groups in total. The molecule has 2 aromatic carbocycles. The molecule has 3 rings (SSSR count). The highest BCUT2D eigenvalue weighted by Gasteiger charge is 2.10. The maximum Gasteiger partial charge on any atom is 0.226 e. The Hall–Kier alpha value is -2.46. The number of carbonyl (C=O) groups excluding carboxylic acids is 1. The Bertz CT molecular complexity index is 850. The molecule has 3 aromatic rings. The highest BCUT2D eigenvalue weighted by atomic mass is 32.1. The van der Waals surface area contributed by atoms with Crippen LogP contribution in [-0.4, -0.2) is 10.9 Å². The molecule has 0 spiro atoms. The van der Waals surface area contributed by atoms with Crippen molar-refractivity contribution >= 4 is 22.9 Å². The first-order chi connectivity index (χ1) is 11.5. The monoisotopic (exact) mass is 336 g/mol. The molecule has 0 saturated heterocycles. The van der Waals surface area contributed by atoms with Crippen molar-refractivity contribution in [1.29, 1.82) is 0 Å². The molecule has 0 saturated carbocycles. The van der Waals surface area contributed by atoms with E-state index in [0.717, 1.165) is 22.0 Å². The van der Waals surface area contributed by atoms with E-state index in [-0.39, 0.29) is 11.8 Å². The van der Waals surface area contributed by atoms with Crippen LogP contribution in [0.3, 0.4) is 0 Å². The fraction of sp³-hybridized carbons (Fsp3) is 0.200. The second kappa shape index (κ2) is 6.97. The molecule has 0 fully saturated rings. The number of nitrogens with zero attached hydrogens (tertiary/aromatic N) is 1. The smallest absolute Gasteiger partial charge is 0.226 e. The van der Waals surface area contributed by atoms with Gasteiger partial charge in [0, 0.05) is 28.1 Å². The van der Waals surface area contributed by atoms with E-state index in [1.807, 2.05) is 50.2 Å². The number of carbonyl (C=O) groups is 1. The summed E-state index contributed by atoms with van der Waals surface area (Å²) >= 11 is 1.65. The molecule has 0 aliphatic rings. The third kappa shape index (κ3) is 3.54. The van der Waals surface area contributed by atoms with E-state index >= 15 is 0 Å². The number of nitrogens with one attached hydrogen (secondary N) is 1. The number of aromatic nitrogens is 1. The summed E-state index contributed by atoms with van der Waals surface area (Å²) in [6.07, 6.45) is 0. The van der Waals surface area contributed by atoms with Crippen LogP contribution in [-0.2, 0) is 4.79 Å². The zero-order valence-electron chi connectivity index (χ0n) is 14.0. The molecular formula is C20H20N2OS. The second-order valence-electron chi connectivity index (χ2n) is 6.07. The molecule has 122 valence electrons. The molecular weight excluding hydrogens is 316 g/mol. The summed E-state index contributed by atoms with van der Waals surface area (Å²) in [7, 11) is 0. The summed E-state index contributed by atoms with van der Waals surface area (Å²) in [5, 5.41) is 6.00. The van der Waals surface area contributed by atoms with E-state index in [1.54, 1.807) is 11.3 Å². The van der Waals surface area contributed by atoms with Gasteiger partial charge in [-0.15, -0.1) is 11.3 Å². The number of hydrogen-bond donors (Lipinski definition) is 1. The average Bonchev–Trinajstić information content (AvgIpc) is 3.05. The van der Waals surface area contributed by atoms with E-state index < -0.39 is 0 Å². The Labute approximate surface area is 146 Å². The third-order valence-electron chi connectivity index (χ3n) is 3.85. The Morgan fingerprint density at radius 3 is 2.46 bits per heavy atom. The molecule has 0 bridgehead atoms. The van der Waals surface area contributed by atoms with E-state index in [9.17, 15) is 4.79 Å². The molecule has 0 aliphatic heterocycles. The van der Waals surface area contributed by atoms with Crippen LogP contribution in [0.5, 0.6) is 0 Å². The Kier molecular flexibility index (Phi) is 4.76. The van der Waals surface area contributed by atoms with Gasteiger partial charge in [0.1, 0.15) is 5.01 Å². The number of aryl methyl sites for hydroxylation is 1. The molecule has 3 nitrogen and oxygen atoms in total. The van der Waals surface area contributed by atoms with Crippen molar-refractivity contribution in [3.63, 3.8) is 0 Å². The van der Waals surface area contributed by atoms with E-state index in [1.165, 1.54) is 11.1 Å². The predicted octanol–water partition coefficient (Wildman–Crippen LogP) is 5.38. The summed E-state index contributed by atoms with van der Waals surface area (Å²) in [5.74, 6) is -0.00173. The van der Waals surface area contributed by atoms with E-state index in [4.69, 9.17) is 4.98 Å². The SMILES string of the molecule is Cc1ccccc1-c1nc(-c2ccc(NC(=O)C(C)C)cc2)cs1. The average molecular weight is 336 g/mol. The first-order valence-electron chi connectivity index (χ1n) is 7.97. The van der Waals surface area contributed by atoms with Gasteiger partial charge in [0.2, 0.25) is 5.91 Å². The fourth-order valence-electron chi connectivity index (χ4n) is 2.35. The molecule has 1 aromatic heterocycles. The topological polar surface area (TPSA) is 42.0 Å². The van der Waals surface area contributed by atoms with Gasteiger partial charge in [-0.05, 0) is 24.6 Å². The predicted molar refractivity (Wildman–Crippen MR) is 101 cm³/mol. The van der Waals surface area contributed by atoms with Gasteiger partial charge in [0.05, 0.1) is 5.69 Å². The minimum atomic E-state index is -0.0279. The quantitative estimate of drug-likeness (QED) is 0.695. The van der Waals surface area contributed by atoms with Gasteiger partial charge in [0.15, 0.2) is 0 Å². The molecule has 0 radical (unpaired) electrons. The van der Waals surface area contributed by atoms with E-state index in [2.05, 4.69) is 29.8 Å². The summed E-state index contributed by atoms with van der Waals surface area (Å²) in [6, 6.07) is 16.1. The molecule has 1 heterocycles. The summed E-state index contributed by atoms with van der Waals surface area (Å²) in [5.41, 5.74) is 5.22. The lowest BCUT2D eigenvalue weighted by Crippen LogP contribution is -2.17. The Balaban J connectivity index is 1.81. The van der Waals surface area contributed by atoms with Gasteiger partial charge in [0.25, 0.3) is 0 Å². The normalized spacial score (nSPS) is 10.8. The molecule has 24 heavy (non-hydrogen) atoms. The number of benzene rings is 2. The van der Waals surface area contributed by atoms with Crippen LogP contribution in [0.4, 0.5) is 5.69 Å².